The number of aryl methyl sites for hydroxylation is 2. The van der Waals surface area contributed by atoms with Gasteiger partial charge in [-0.15, -0.1) is 0 Å². The molecule has 0 fully saturated rings. The molecule has 4 rings (SSSR count). The third-order valence-corrected chi connectivity index (χ3v) is 6.19. The van der Waals surface area contributed by atoms with Crippen molar-refractivity contribution >= 4 is 21.4 Å². The Kier molecular flexibility index (Phi) is 4.94. The van der Waals surface area contributed by atoms with Crippen molar-refractivity contribution in [3.8, 4) is 11.5 Å². The molecule has 1 aromatic heterocycles. The van der Waals surface area contributed by atoms with Gasteiger partial charge in [0.2, 0.25) is 26.6 Å². The Morgan fingerprint density at radius 1 is 0.793 bits per heavy atom. The van der Waals surface area contributed by atoms with E-state index in [4.69, 9.17) is 4.42 Å². The summed E-state index contributed by atoms with van der Waals surface area (Å²) in [5.41, 5.74) is 3.62. The van der Waals surface area contributed by atoms with Crippen LogP contribution in [0.4, 0.5) is 11.6 Å². The van der Waals surface area contributed by atoms with Gasteiger partial charge in [0.1, 0.15) is 0 Å². The van der Waals surface area contributed by atoms with Gasteiger partial charge in [0, 0.05) is 11.3 Å². The van der Waals surface area contributed by atoms with Gasteiger partial charge in [-0.1, -0.05) is 53.6 Å². The van der Waals surface area contributed by atoms with Gasteiger partial charge >= 0.3 is 0 Å². The summed E-state index contributed by atoms with van der Waals surface area (Å²) in [6.45, 7) is 3.97. The molecule has 5 nitrogen and oxygen atoms in total. The predicted octanol–water partition coefficient (Wildman–Crippen LogP) is 5.53. The second-order valence-electron chi connectivity index (χ2n) is 6.83. The number of sulfone groups is 1. The van der Waals surface area contributed by atoms with E-state index in [9.17, 15) is 8.42 Å². The van der Waals surface area contributed by atoms with Crippen LogP contribution in [-0.4, -0.2) is 13.4 Å². The van der Waals surface area contributed by atoms with E-state index in [1.165, 1.54) is 0 Å². The third-order valence-electron chi connectivity index (χ3n) is 4.51. The van der Waals surface area contributed by atoms with Gasteiger partial charge in [0.15, 0.2) is 0 Å². The average molecular weight is 404 g/mol. The third kappa shape index (κ3) is 3.93. The van der Waals surface area contributed by atoms with E-state index in [1.54, 1.807) is 30.3 Å². The minimum Gasteiger partial charge on any atom is -0.419 e. The van der Waals surface area contributed by atoms with Crippen LogP contribution in [0.2, 0.25) is 0 Å². The van der Waals surface area contributed by atoms with Gasteiger partial charge in [-0.2, -0.15) is 4.98 Å². The zero-order chi connectivity index (χ0) is 20.4. The number of nitrogens with zero attached hydrogens (tertiary/aromatic N) is 1. The molecule has 0 amide bonds. The molecule has 0 bridgehead atoms. The maximum absolute atomic E-state index is 13.2. The van der Waals surface area contributed by atoms with Crippen LogP contribution in [0.25, 0.3) is 11.5 Å². The predicted molar refractivity (Wildman–Crippen MR) is 113 cm³/mol. The zero-order valence-corrected chi connectivity index (χ0v) is 16.9. The number of aromatic nitrogens is 1. The van der Waals surface area contributed by atoms with Gasteiger partial charge in [-0.05, 0) is 50.2 Å². The molecule has 0 unspecified atom stereocenters. The molecule has 6 heteroatoms. The van der Waals surface area contributed by atoms with Crippen molar-refractivity contribution in [1.29, 1.82) is 0 Å². The SMILES string of the molecule is Cc1ccc(Nc2oc(-c3ccc(C)cc3)nc2S(=O)(=O)c2ccccc2)cc1. The van der Waals surface area contributed by atoms with E-state index in [1.807, 2.05) is 62.4 Å². The summed E-state index contributed by atoms with van der Waals surface area (Å²) < 4.78 is 32.4. The second kappa shape index (κ2) is 7.56. The van der Waals surface area contributed by atoms with Crippen molar-refractivity contribution in [3.05, 3.63) is 90.0 Å². The number of hydrogen-bond donors (Lipinski definition) is 1. The van der Waals surface area contributed by atoms with Crippen molar-refractivity contribution in [3.63, 3.8) is 0 Å². The first-order chi connectivity index (χ1) is 13.9. The number of nitrogens with one attached hydrogen (secondary N) is 1. The first kappa shape index (κ1) is 19.0. The normalized spacial score (nSPS) is 11.4. The van der Waals surface area contributed by atoms with Crippen LogP contribution >= 0.6 is 0 Å². The van der Waals surface area contributed by atoms with Crippen molar-refractivity contribution in [2.75, 3.05) is 5.32 Å². The smallest absolute Gasteiger partial charge is 0.238 e. The number of rotatable bonds is 5. The standard InChI is InChI=1S/C23H20N2O3S/c1-16-8-12-18(13-9-16)21-25-23(29(26,27)20-6-4-3-5-7-20)22(28-21)24-19-14-10-17(2)11-15-19/h3-15,24H,1-2H3. The van der Waals surface area contributed by atoms with E-state index in [0.29, 0.717) is 11.3 Å². The van der Waals surface area contributed by atoms with Gasteiger partial charge in [-0.3, -0.25) is 0 Å². The lowest BCUT2D eigenvalue weighted by atomic mass is 10.1. The number of anilines is 2. The molecule has 0 saturated heterocycles. The van der Waals surface area contributed by atoms with E-state index < -0.39 is 9.84 Å². The van der Waals surface area contributed by atoms with Crippen LogP contribution < -0.4 is 5.32 Å². The molecule has 0 atom stereocenters. The Labute approximate surface area is 170 Å². The highest BCUT2D eigenvalue weighted by Gasteiger charge is 2.28. The van der Waals surface area contributed by atoms with Crippen LogP contribution in [0.3, 0.4) is 0 Å². The summed E-state index contributed by atoms with van der Waals surface area (Å²) in [6.07, 6.45) is 0. The van der Waals surface area contributed by atoms with Gasteiger partial charge in [0.05, 0.1) is 4.90 Å². The monoisotopic (exact) mass is 404 g/mol. The highest BCUT2D eigenvalue weighted by Crippen LogP contribution is 2.34. The van der Waals surface area contributed by atoms with Gasteiger partial charge in [-0.25, -0.2) is 8.42 Å². The lowest BCUT2D eigenvalue weighted by Crippen LogP contribution is -2.05. The van der Waals surface area contributed by atoms with Crippen molar-refractivity contribution in [2.24, 2.45) is 0 Å². The number of benzene rings is 3. The summed E-state index contributed by atoms with van der Waals surface area (Å²) in [7, 11) is -3.86. The Balaban J connectivity index is 1.83. The number of oxazole rings is 1. The maximum atomic E-state index is 13.2. The van der Waals surface area contributed by atoms with Crippen molar-refractivity contribution < 1.29 is 12.8 Å². The van der Waals surface area contributed by atoms with E-state index >= 15 is 0 Å². The highest BCUT2D eigenvalue weighted by molar-refractivity contribution is 7.91. The fourth-order valence-electron chi connectivity index (χ4n) is 2.87. The molecule has 3 aromatic carbocycles. The molecule has 0 spiro atoms. The highest BCUT2D eigenvalue weighted by atomic mass is 32.2. The zero-order valence-electron chi connectivity index (χ0n) is 16.1. The van der Waals surface area contributed by atoms with Crippen LogP contribution in [0.15, 0.2) is 93.2 Å². The average Bonchev–Trinajstić information content (AvgIpc) is 3.15. The lowest BCUT2D eigenvalue weighted by molar-refractivity contribution is 0.582. The van der Waals surface area contributed by atoms with E-state index in [-0.39, 0.29) is 21.7 Å². The van der Waals surface area contributed by atoms with Crippen molar-refractivity contribution in [2.45, 2.75) is 23.8 Å². The molecule has 4 aromatic rings. The fraction of sp³-hybridized carbons (Fsp3) is 0.0870. The second-order valence-corrected chi connectivity index (χ2v) is 8.69. The Hall–Kier alpha value is -3.38. The molecule has 0 saturated carbocycles. The summed E-state index contributed by atoms with van der Waals surface area (Å²) >= 11 is 0. The van der Waals surface area contributed by atoms with Gasteiger partial charge in [0.25, 0.3) is 0 Å². The minimum absolute atomic E-state index is 0.0910. The maximum Gasteiger partial charge on any atom is 0.238 e. The van der Waals surface area contributed by atoms with Crippen LogP contribution in [-0.2, 0) is 9.84 Å². The number of hydrogen-bond acceptors (Lipinski definition) is 5. The summed E-state index contributed by atoms with van der Waals surface area (Å²) in [5, 5.41) is 2.93. The molecule has 1 heterocycles. The van der Waals surface area contributed by atoms with Crippen molar-refractivity contribution in [1.82, 2.24) is 4.98 Å². The first-order valence-corrected chi connectivity index (χ1v) is 10.6. The Morgan fingerprint density at radius 3 is 2.00 bits per heavy atom. The largest absolute Gasteiger partial charge is 0.419 e. The topological polar surface area (TPSA) is 72.2 Å². The molecule has 0 radical (unpaired) electrons. The van der Waals surface area contributed by atoms with Crippen LogP contribution in [0.1, 0.15) is 11.1 Å². The fourth-order valence-corrected chi connectivity index (χ4v) is 4.14. The van der Waals surface area contributed by atoms with E-state index in [2.05, 4.69) is 10.3 Å². The molecular formula is C23H20N2O3S. The summed E-state index contributed by atoms with van der Waals surface area (Å²) in [6, 6.07) is 23.4. The first-order valence-electron chi connectivity index (χ1n) is 9.15. The van der Waals surface area contributed by atoms with E-state index in [0.717, 1.165) is 11.1 Å². The van der Waals surface area contributed by atoms with Gasteiger partial charge < -0.3 is 9.73 Å². The Morgan fingerprint density at radius 2 is 1.38 bits per heavy atom. The van der Waals surface area contributed by atoms with Crippen LogP contribution in [0, 0.1) is 13.8 Å². The minimum atomic E-state index is -3.86. The molecule has 0 aliphatic carbocycles. The summed E-state index contributed by atoms with van der Waals surface area (Å²) in [4.78, 5) is 4.52. The Bertz CT molecular complexity index is 1230. The quantitative estimate of drug-likeness (QED) is 0.473. The summed E-state index contributed by atoms with van der Waals surface area (Å²) in [5.74, 6) is 0.336. The molecule has 1 N–H and O–H groups in total. The lowest BCUT2D eigenvalue weighted by Gasteiger charge is -2.06. The molecule has 29 heavy (non-hydrogen) atoms. The molecular weight excluding hydrogens is 384 g/mol. The molecule has 0 aliphatic heterocycles. The molecule has 146 valence electrons. The molecule has 0 aliphatic rings. The van der Waals surface area contributed by atoms with Crippen LogP contribution in [0.5, 0.6) is 0 Å².